The van der Waals surface area contributed by atoms with Crippen LogP contribution in [-0.4, -0.2) is 16.6 Å². The molecule has 3 aromatic rings. The van der Waals surface area contributed by atoms with Gasteiger partial charge >= 0.3 is 0 Å². The molecule has 1 heterocycles. The molecule has 0 amide bonds. The molecule has 0 aliphatic carbocycles. The monoisotopic (exact) mass is 320 g/mol. The van der Waals surface area contributed by atoms with Crippen LogP contribution in [0.25, 0.3) is 0 Å². The lowest BCUT2D eigenvalue weighted by atomic mass is 10.3. The van der Waals surface area contributed by atoms with Gasteiger partial charge in [-0.25, -0.2) is 4.98 Å². The number of nitrogens with one attached hydrogen (secondary N) is 2. The molecule has 122 valence electrons. The number of aryl methyl sites for hydroxylation is 1. The Bertz CT molecular complexity index is 805. The van der Waals surface area contributed by atoms with E-state index < -0.39 is 0 Å². The molecule has 5 nitrogen and oxygen atoms in total. The SMILES string of the molecule is CCOc1ccccc1Nc1nc(C)cc(Nc2ccccc2)n1. The Hall–Kier alpha value is -3.08. The van der Waals surface area contributed by atoms with E-state index >= 15 is 0 Å². The minimum Gasteiger partial charge on any atom is -0.492 e. The second-order valence-corrected chi connectivity index (χ2v) is 5.26. The predicted octanol–water partition coefficient (Wildman–Crippen LogP) is 4.67. The summed E-state index contributed by atoms with van der Waals surface area (Å²) in [6, 6.07) is 19.6. The Morgan fingerprint density at radius 1 is 0.917 bits per heavy atom. The highest BCUT2D eigenvalue weighted by Gasteiger charge is 2.07. The number of ether oxygens (including phenoxy) is 1. The maximum Gasteiger partial charge on any atom is 0.229 e. The van der Waals surface area contributed by atoms with Crippen LogP contribution >= 0.6 is 0 Å². The van der Waals surface area contributed by atoms with Crippen LogP contribution in [0.4, 0.5) is 23.1 Å². The molecular weight excluding hydrogens is 300 g/mol. The molecule has 0 saturated heterocycles. The number of aromatic nitrogens is 2. The highest BCUT2D eigenvalue weighted by molar-refractivity contribution is 5.64. The number of hydrogen-bond acceptors (Lipinski definition) is 5. The van der Waals surface area contributed by atoms with E-state index in [1.54, 1.807) is 0 Å². The Labute approximate surface area is 141 Å². The molecule has 0 fully saturated rings. The molecule has 1 aromatic heterocycles. The second-order valence-electron chi connectivity index (χ2n) is 5.26. The summed E-state index contributed by atoms with van der Waals surface area (Å²) in [6.45, 7) is 4.51. The predicted molar refractivity (Wildman–Crippen MR) is 97.4 cm³/mol. The van der Waals surface area contributed by atoms with Crippen molar-refractivity contribution in [2.24, 2.45) is 0 Å². The fraction of sp³-hybridized carbons (Fsp3) is 0.158. The minimum atomic E-state index is 0.528. The normalized spacial score (nSPS) is 10.2. The van der Waals surface area contributed by atoms with Crippen LogP contribution in [0.15, 0.2) is 60.7 Å². The Balaban J connectivity index is 1.84. The zero-order valence-corrected chi connectivity index (χ0v) is 13.8. The Kier molecular flexibility index (Phi) is 4.91. The van der Waals surface area contributed by atoms with Crippen LogP contribution in [0.3, 0.4) is 0 Å². The van der Waals surface area contributed by atoms with E-state index in [1.807, 2.05) is 74.5 Å². The minimum absolute atomic E-state index is 0.528. The number of hydrogen-bond donors (Lipinski definition) is 2. The van der Waals surface area contributed by atoms with Gasteiger partial charge in [-0.1, -0.05) is 30.3 Å². The average molecular weight is 320 g/mol. The summed E-state index contributed by atoms with van der Waals surface area (Å²) in [5, 5.41) is 6.53. The van der Waals surface area contributed by atoms with Crippen molar-refractivity contribution in [3.63, 3.8) is 0 Å². The molecule has 0 saturated carbocycles. The van der Waals surface area contributed by atoms with E-state index in [0.717, 1.165) is 28.6 Å². The first-order valence-electron chi connectivity index (χ1n) is 7.91. The van der Waals surface area contributed by atoms with Crippen LogP contribution in [0, 0.1) is 6.92 Å². The Morgan fingerprint density at radius 2 is 1.67 bits per heavy atom. The van der Waals surface area contributed by atoms with Crippen molar-refractivity contribution < 1.29 is 4.74 Å². The van der Waals surface area contributed by atoms with Gasteiger partial charge in [0.05, 0.1) is 12.3 Å². The summed E-state index contributed by atoms with van der Waals surface area (Å²) in [7, 11) is 0. The van der Waals surface area contributed by atoms with E-state index in [0.29, 0.717) is 12.6 Å². The lowest BCUT2D eigenvalue weighted by Gasteiger charge is -2.13. The van der Waals surface area contributed by atoms with Crippen LogP contribution in [-0.2, 0) is 0 Å². The van der Waals surface area contributed by atoms with Crippen molar-refractivity contribution in [2.75, 3.05) is 17.2 Å². The molecule has 0 spiro atoms. The van der Waals surface area contributed by atoms with Gasteiger partial charge < -0.3 is 15.4 Å². The summed E-state index contributed by atoms with van der Waals surface area (Å²) in [6.07, 6.45) is 0. The standard InChI is InChI=1S/C19H20N4O/c1-3-24-17-12-8-7-11-16(17)22-19-20-14(2)13-18(23-19)21-15-9-5-4-6-10-15/h4-13H,3H2,1-2H3,(H2,20,21,22,23). The number of para-hydroxylation sites is 3. The number of nitrogens with zero attached hydrogens (tertiary/aromatic N) is 2. The first kappa shape index (κ1) is 15.8. The van der Waals surface area contributed by atoms with Crippen molar-refractivity contribution >= 4 is 23.1 Å². The van der Waals surface area contributed by atoms with E-state index in [4.69, 9.17) is 4.74 Å². The summed E-state index contributed by atoms with van der Waals surface area (Å²) in [5.41, 5.74) is 2.70. The first-order valence-corrected chi connectivity index (χ1v) is 7.91. The van der Waals surface area contributed by atoms with Crippen LogP contribution in [0.2, 0.25) is 0 Å². The third kappa shape index (κ3) is 4.01. The summed E-state index contributed by atoms with van der Waals surface area (Å²) < 4.78 is 5.63. The number of benzene rings is 2. The summed E-state index contributed by atoms with van der Waals surface area (Å²) in [4.78, 5) is 8.99. The van der Waals surface area contributed by atoms with Gasteiger partial charge in [-0.3, -0.25) is 0 Å². The molecule has 3 rings (SSSR count). The molecule has 0 atom stereocenters. The molecule has 2 N–H and O–H groups in total. The Morgan fingerprint density at radius 3 is 2.46 bits per heavy atom. The third-order valence-electron chi connectivity index (χ3n) is 3.33. The van der Waals surface area contributed by atoms with E-state index in [2.05, 4.69) is 20.6 Å². The molecule has 0 aliphatic heterocycles. The molecular formula is C19H20N4O. The van der Waals surface area contributed by atoms with E-state index in [-0.39, 0.29) is 0 Å². The maximum atomic E-state index is 5.63. The largest absolute Gasteiger partial charge is 0.492 e. The number of rotatable bonds is 6. The van der Waals surface area contributed by atoms with Crippen LogP contribution < -0.4 is 15.4 Å². The highest BCUT2D eigenvalue weighted by Crippen LogP contribution is 2.27. The molecule has 0 unspecified atom stereocenters. The van der Waals surface area contributed by atoms with Crippen molar-refractivity contribution in [1.82, 2.24) is 9.97 Å². The summed E-state index contributed by atoms with van der Waals surface area (Å²) in [5.74, 6) is 2.05. The van der Waals surface area contributed by atoms with Crippen molar-refractivity contribution in [2.45, 2.75) is 13.8 Å². The molecule has 24 heavy (non-hydrogen) atoms. The molecule has 2 aromatic carbocycles. The molecule has 0 bridgehead atoms. The van der Waals surface area contributed by atoms with Crippen molar-refractivity contribution in [1.29, 1.82) is 0 Å². The van der Waals surface area contributed by atoms with Crippen molar-refractivity contribution in [3.05, 3.63) is 66.4 Å². The van der Waals surface area contributed by atoms with Gasteiger partial charge in [-0.15, -0.1) is 0 Å². The first-order chi connectivity index (χ1) is 11.7. The van der Waals surface area contributed by atoms with Gasteiger partial charge in [-0.2, -0.15) is 4.98 Å². The smallest absolute Gasteiger partial charge is 0.229 e. The van der Waals surface area contributed by atoms with Crippen molar-refractivity contribution in [3.8, 4) is 5.75 Å². The summed E-state index contributed by atoms with van der Waals surface area (Å²) >= 11 is 0. The number of anilines is 4. The molecule has 5 heteroatoms. The topological polar surface area (TPSA) is 59.1 Å². The second kappa shape index (κ2) is 7.46. The maximum absolute atomic E-state index is 5.63. The highest BCUT2D eigenvalue weighted by atomic mass is 16.5. The van der Waals surface area contributed by atoms with E-state index in [9.17, 15) is 0 Å². The molecule has 0 radical (unpaired) electrons. The van der Waals surface area contributed by atoms with Crippen LogP contribution in [0.1, 0.15) is 12.6 Å². The zero-order valence-electron chi connectivity index (χ0n) is 13.8. The van der Waals surface area contributed by atoms with Gasteiger partial charge in [0, 0.05) is 17.4 Å². The van der Waals surface area contributed by atoms with Gasteiger partial charge in [-0.05, 0) is 38.1 Å². The van der Waals surface area contributed by atoms with Gasteiger partial charge in [0.1, 0.15) is 11.6 Å². The van der Waals surface area contributed by atoms with Crippen LogP contribution in [0.5, 0.6) is 5.75 Å². The van der Waals surface area contributed by atoms with Gasteiger partial charge in [0.15, 0.2) is 0 Å². The van der Waals surface area contributed by atoms with Gasteiger partial charge in [0.25, 0.3) is 0 Å². The quantitative estimate of drug-likeness (QED) is 0.691. The third-order valence-corrected chi connectivity index (χ3v) is 3.33. The lowest BCUT2D eigenvalue weighted by molar-refractivity contribution is 0.342. The average Bonchev–Trinajstić information content (AvgIpc) is 2.57. The lowest BCUT2D eigenvalue weighted by Crippen LogP contribution is -2.04. The zero-order chi connectivity index (χ0) is 16.8. The fourth-order valence-corrected chi connectivity index (χ4v) is 2.33. The van der Waals surface area contributed by atoms with Gasteiger partial charge in [0.2, 0.25) is 5.95 Å². The molecule has 0 aliphatic rings. The van der Waals surface area contributed by atoms with E-state index in [1.165, 1.54) is 0 Å². The fourth-order valence-electron chi connectivity index (χ4n) is 2.33.